The number of hydrogen-bond donors (Lipinski definition) is 2. The highest BCUT2D eigenvalue weighted by Gasteiger charge is 2.11. The van der Waals surface area contributed by atoms with E-state index in [0.717, 1.165) is 0 Å². The van der Waals surface area contributed by atoms with E-state index in [4.69, 9.17) is 11.1 Å². The Morgan fingerprint density at radius 3 is 2.33 bits per heavy atom. The van der Waals surface area contributed by atoms with E-state index in [1.807, 2.05) is 13.8 Å². The van der Waals surface area contributed by atoms with Gasteiger partial charge in [0.15, 0.2) is 0 Å². The molecule has 1 aromatic rings. The summed E-state index contributed by atoms with van der Waals surface area (Å²) in [6.45, 7) is 3.86. The van der Waals surface area contributed by atoms with E-state index in [2.05, 4.69) is 10.2 Å². The zero-order chi connectivity index (χ0) is 9.14. The Morgan fingerprint density at radius 1 is 1.50 bits per heavy atom. The topological polar surface area (TPSA) is 83.8 Å². The van der Waals surface area contributed by atoms with E-state index >= 15 is 0 Å². The van der Waals surface area contributed by atoms with Crippen LogP contribution in [0.25, 0.3) is 0 Å². The molecule has 6 heteroatoms. The summed E-state index contributed by atoms with van der Waals surface area (Å²) < 4.78 is 1.58. The van der Waals surface area contributed by atoms with Crippen LogP contribution in [-0.4, -0.2) is 26.9 Å². The largest absolute Gasteiger partial charge is 0.369 e. The lowest BCUT2D eigenvalue weighted by Crippen LogP contribution is -2.48. The number of hydrogen-bond acceptors (Lipinski definition) is 3. The maximum atomic E-state index is 7.29. The smallest absolute Gasteiger partial charge is 0.208 e. The van der Waals surface area contributed by atoms with Crippen molar-refractivity contribution in [2.24, 2.45) is 5.73 Å². The minimum absolute atomic E-state index is 0.0233. The van der Waals surface area contributed by atoms with Crippen LogP contribution in [0.5, 0.6) is 0 Å². The lowest BCUT2D eigenvalue weighted by atomic mass is 10.4. The van der Waals surface area contributed by atoms with Gasteiger partial charge in [-0.05, 0) is 13.8 Å². The average molecular weight is 168 g/mol. The van der Waals surface area contributed by atoms with Gasteiger partial charge in [-0.2, -0.15) is 0 Å². The highest BCUT2D eigenvalue weighted by Crippen LogP contribution is 1.95. The summed E-state index contributed by atoms with van der Waals surface area (Å²) in [5, 5.41) is 16.1. The fourth-order valence-corrected chi connectivity index (χ4v) is 0.976. The van der Waals surface area contributed by atoms with Crippen LogP contribution in [0.3, 0.4) is 0 Å². The molecule has 3 N–H and O–H groups in total. The first kappa shape index (κ1) is 8.51. The Balaban J connectivity index is 2.88. The lowest BCUT2D eigenvalue weighted by Gasteiger charge is -2.26. The van der Waals surface area contributed by atoms with Gasteiger partial charge in [0.2, 0.25) is 5.96 Å². The molecule has 0 spiro atoms. The first-order valence-corrected chi connectivity index (χ1v) is 3.61. The predicted molar refractivity (Wildman–Crippen MR) is 45.3 cm³/mol. The quantitative estimate of drug-likeness (QED) is 0.461. The molecule has 0 aromatic carbocycles. The first-order valence-electron chi connectivity index (χ1n) is 3.61. The standard InChI is InChI=1S/C6H12N6/c1-5(2)12(6(7)8)11-3-9-10-4-11/h3-5H,1-2H3,(H3,7,8). The monoisotopic (exact) mass is 168 g/mol. The Morgan fingerprint density at radius 2 is 2.00 bits per heavy atom. The van der Waals surface area contributed by atoms with Crippen LogP contribution in [0.4, 0.5) is 0 Å². The van der Waals surface area contributed by atoms with Gasteiger partial charge in [0, 0.05) is 6.04 Å². The van der Waals surface area contributed by atoms with Crippen LogP contribution in [0.2, 0.25) is 0 Å². The average Bonchev–Trinajstić information content (AvgIpc) is 2.37. The van der Waals surface area contributed by atoms with Crippen LogP contribution in [0.1, 0.15) is 13.8 Å². The lowest BCUT2D eigenvalue weighted by molar-refractivity contribution is 0.617. The van der Waals surface area contributed by atoms with Gasteiger partial charge in [-0.25, -0.2) is 9.69 Å². The van der Waals surface area contributed by atoms with Crippen molar-refractivity contribution in [2.45, 2.75) is 19.9 Å². The van der Waals surface area contributed by atoms with Gasteiger partial charge in [0.05, 0.1) is 0 Å². The molecule has 0 aliphatic heterocycles. The molecule has 0 radical (unpaired) electrons. The van der Waals surface area contributed by atoms with Crippen molar-refractivity contribution < 1.29 is 0 Å². The van der Waals surface area contributed by atoms with Gasteiger partial charge >= 0.3 is 0 Å². The summed E-state index contributed by atoms with van der Waals surface area (Å²) >= 11 is 0. The molecular formula is C6H12N6. The third-order valence-electron chi connectivity index (χ3n) is 1.39. The molecule has 66 valence electrons. The second-order valence-electron chi connectivity index (χ2n) is 2.67. The molecule has 0 aliphatic carbocycles. The Kier molecular flexibility index (Phi) is 2.27. The molecule has 1 heterocycles. The van der Waals surface area contributed by atoms with Gasteiger partial charge in [-0.1, -0.05) is 0 Å². The van der Waals surface area contributed by atoms with Crippen LogP contribution in [0.15, 0.2) is 12.7 Å². The number of nitrogens with zero attached hydrogens (tertiary/aromatic N) is 4. The molecule has 0 amide bonds. The zero-order valence-corrected chi connectivity index (χ0v) is 7.10. The molecule has 12 heavy (non-hydrogen) atoms. The maximum Gasteiger partial charge on any atom is 0.208 e. The first-order chi connectivity index (χ1) is 5.63. The van der Waals surface area contributed by atoms with Gasteiger partial charge in [-0.15, -0.1) is 10.2 Å². The fraction of sp³-hybridized carbons (Fsp3) is 0.500. The van der Waals surface area contributed by atoms with Crippen molar-refractivity contribution in [2.75, 3.05) is 5.01 Å². The minimum Gasteiger partial charge on any atom is -0.369 e. The fourth-order valence-electron chi connectivity index (χ4n) is 0.976. The summed E-state index contributed by atoms with van der Waals surface area (Å²) in [6, 6.07) is 0.110. The van der Waals surface area contributed by atoms with Crippen molar-refractivity contribution in [1.29, 1.82) is 5.41 Å². The maximum absolute atomic E-state index is 7.29. The van der Waals surface area contributed by atoms with Crippen LogP contribution >= 0.6 is 0 Å². The second-order valence-corrected chi connectivity index (χ2v) is 2.67. The summed E-state index contributed by atoms with van der Waals surface area (Å²) in [6.07, 6.45) is 3.00. The van der Waals surface area contributed by atoms with Gasteiger partial charge < -0.3 is 5.73 Å². The number of guanidine groups is 1. The van der Waals surface area contributed by atoms with Crippen LogP contribution < -0.4 is 10.7 Å². The molecule has 0 saturated heterocycles. The van der Waals surface area contributed by atoms with Crippen LogP contribution in [-0.2, 0) is 0 Å². The number of nitrogens with one attached hydrogen (secondary N) is 1. The van der Waals surface area contributed by atoms with Crippen LogP contribution in [0, 0.1) is 5.41 Å². The molecule has 0 aliphatic rings. The Hall–Kier alpha value is -1.59. The third kappa shape index (κ3) is 1.52. The summed E-state index contributed by atoms with van der Waals surface area (Å²) in [5.41, 5.74) is 5.36. The van der Waals surface area contributed by atoms with Gasteiger partial charge in [0.25, 0.3) is 0 Å². The van der Waals surface area contributed by atoms with E-state index in [-0.39, 0.29) is 12.0 Å². The molecular weight excluding hydrogens is 156 g/mol. The normalized spacial score (nSPS) is 10.2. The van der Waals surface area contributed by atoms with E-state index in [1.54, 1.807) is 9.69 Å². The van der Waals surface area contributed by atoms with Gasteiger partial charge in [-0.3, -0.25) is 5.41 Å². The molecule has 0 unspecified atom stereocenters. The van der Waals surface area contributed by atoms with Crippen molar-refractivity contribution in [3.05, 3.63) is 12.7 Å². The molecule has 1 rings (SSSR count). The predicted octanol–water partition coefficient (Wildman–Crippen LogP) is -0.482. The van der Waals surface area contributed by atoms with E-state index < -0.39 is 0 Å². The molecule has 0 atom stereocenters. The molecule has 0 saturated carbocycles. The second kappa shape index (κ2) is 3.21. The number of aromatic nitrogens is 3. The number of rotatable bonds is 2. The SMILES string of the molecule is CC(C)N(C(=N)N)n1cnnc1. The van der Waals surface area contributed by atoms with E-state index in [0.29, 0.717) is 0 Å². The summed E-state index contributed by atoms with van der Waals surface area (Å²) in [7, 11) is 0. The Labute approximate surface area is 70.5 Å². The van der Waals surface area contributed by atoms with E-state index in [1.165, 1.54) is 12.7 Å². The van der Waals surface area contributed by atoms with E-state index in [9.17, 15) is 0 Å². The summed E-state index contributed by atoms with van der Waals surface area (Å²) in [4.78, 5) is 0. The number of nitrogens with two attached hydrogens (primary N) is 1. The highest BCUT2D eigenvalue weighted by molar-refractivity contribution is 5.85. The molecule has 0 bridgehead atoms. The molecule has 6 nitrogen and oxygen atoms in total. The third-order valence-corrected chi connectivity index (χ3v) is 1.39. The molecule has 1 aromatic heterocycles. The summed E-state index contributed by atoms with van der Waals surface area (Å²) in [5.74, 6) is -0.0233. The zero-order valence-electron chi connectivity index (χ0n) is 7.10. The van der Waals surface area contributed by atoms with Gasteiger partial charge in [0.1, 0.15) is 12.7 Å². The highest BCUT2D eigenvalue weighted by atomic mass is 15.6. The van der Waals surface area contributed by atoms with Crippen molar-refractivity contribution in [3.8, 4) is 0 Å². The molecule has 0 fully saturated rings. The van der Waals surface area contributed by atoms with Crippen molar-refractivity contribution in [3.63, 3.8) is 0 Å². The van der Waals surface area contributed by atoms with Crippen molar-refractivity contribution >= 4 is 5.96 Å². The minimum atomic E-state index is -0.0233. The Bertz CT molecular complexity index is 251. The van der Waals surface area contributed by atoms with Crippen molar-refractivity contribution in [1.82, 2.24) is 14.9 Å².